The lowest BCUT2D eigenvalue weighted by atomic mass is 10.1. The van der Waals surface area contributed by atoms with E-state index < -0.39 is 0 Å². The minimum atomic E-state index is 0.0801. The molecule has 2 rings (SSSR count). The molecule has 0 spiro atoms. The lowest BCUT2D eigenvalue weighted by Gasteiger charge is -2.14. The first kappa shape index (κ1) is 8.10. The van der Waals surface area contributed by atoms with Crippen LogP contribution >= 0.6 is 0 Å². The molecular weight excluding hydrogens is 164 g/mol. The van der Waals surface area contributed by atoms with Gasteiger partial charge in [0.15, 0.2) is 0 Å². The summed E-state index contributed by atoms with van der Waals surface area (Å²) in [6, 6.07) is 5.41. The number of nitrogens with zero attached hydrogens (tertiary/aromatic N) is 1. The SMILES string of the molecule is CC(=O)N1CCc2cc([NH])ccc21. The van der Waals surface area contributed by atoms with E-state index in [9.17, 15) is 4.79 Å². The fraction of sp³-hybridized carbons (Fsp3) is 0.300. The highest BCUT2D eigenvalue weighted by Gasteiger charge is 2.21. The van der Waals surface area contributed by atoms with Gasteiger partial charge in [-0.05, 0) is 30.2 Å². The largest absolute Gasteiger partial charge is 0.312 e. The summed E-state index contributed by atoms with van der Waals surface area (Å²) in [6.45, 7) is 2.33. The Morgan fingerprint density at radius 1 is 1.54 bits per heavy atom. The molecular formula is C10H11N2O. The van der Waals surface area contributed by atoms with E-state index in [0.29, 0.717) is 5.69 Å². The second kappa shape index (κ2) is 2.76. The second-order valence-corrected chi connectivity index (χ2v) is 3.26. The molecule has 0 saturated heterocycles. The number of amides is 1. The fourth-order valence-electron chi connectivity index (χ4n) is 1.73. The van der Waals surface area contributed by atoms with Gasteiger partial charge < -0.3 is 10.6 Å². The molecule has 0 fully saturated rings. The van der Waals surface area contributed by atoms with Gasteiger partial charge >= 0.3 is 0 Å². The number of hydrogen-bond acceptors (Lipinski definition) is 1. The van der Waals surface area contributed by atoms with Crippen LogP contribution in [0.3, 0.4) is 0 Å². The van der Waals surface area contributed by atoms with Crippen LogP contribution in [0.25, 0.3) is 0 Å². The highest BCUT2D eigenvalue weighted by molar-refractivity contribution is 5.94. The summed E-state index contributed by atoms with van der Waals surface area (Å²) in [6.07, 6.45) is 0.877. The Labute approximate surface area is 77.1 Å². The quantitative estimate of drug-likeness (QED) is 0.589. The average Bonchev–Trinajstić information content (AvgIpc) is 2.46. The molecule has 1 N–H and O–H groups in total. The third kappa shape index (κ3) is 1.26. The molecule has 67 valence electrons. The summed E-state index contributed by atoms with van der Waals surface area (Å²) in [5.74, 6) is 0.0801. The van der Waals surface area contributed by atoms with Gasteiger partial charge in [0.25, 0.3) is 0 Å². The number of nitrogens with one attached hydrogen (secondary N) is 1. The summed E-state index contributed by atoms with van der Waals surface area (Å²) in [7, 11) is 0. The van der Waals surface area contributed by atoms with E-state index in [4.69, 9.17) is 5.73 Å². The van der Waals surface area contributed by atoms with Gasteiger partial charge in [-0.3, -0.25) is 4.79 Å². The van der Waals surface area contributed by atoms with Crippen LogP contribution in [-0.4, -0.2) is 12.5 Å². The third-order valence-corrected chi connectivity index (χ3v) is 2.36. The number of carbonyl (C=O) groups is 1. The Morgan fingerprint density at radius 3 is 3.00 bits per heavy atom. The van der Waals surface area contributed by atoms with E-state index in [2.05, 4.69) is 0 Å². The fourth-order valence-corrected chi connectivity index (χ4v) is 1.73. The van der Waals surface area contributed by atoms with Crippen molar-refractivity contribution in [2.24, 2.45) is 0 Å². The maximum absolute atomic E-state index is 11.2. The van der Waals surface area contributed by atoms with Crippen LogP contribution in [0.15, 0.2) is 18.2 Å². The van der Waals surface area contributed by atoms with Gasteiger partial charge in [-0.1, -0.05) is 0 Å². The molecule has 1 aromatic carbocycles. The first-order chi connectivity index (χ1) is 6.18. The van der Waals surface area contributed by atoms with Crippen molar-refractivity contribution in [2.45, 2.75) is 13.3 Å². The van der Waals surface area contributed by atoms with E-state index in [-0.39, 0.29) is 5.91 Å². The lowest BCUT2D eigenvalue weighted by molar-refractivity contribution is -0.116. The highest BCUT2D eigenvalue weighted by Crippen LogP contribution is 2.29. The van der Waals surface area contributed by atoms with E-state index >= 15 is 0 Å². The van der Waals surface area contributed by atoms with Crippen LogP contribution < -0.4 is 10.6 Å². The first-order valence-corrected chi connectivity index (χ1v) is 4.31. The molecule has 1 amide bonds. The summed E-state index contributed by atoms with van der Waals surface area (Å²) >= 11 is 0. The minimum absolute atomic E-state index is 0.0801. The van der Waals surface area contributed by atoms with E-state index in [1.54, 1.807) is 17.9 Å². The Bertz CT molecular complexity index is 360. The van der Waals surface area contributed by atoms with Crippen LogP contribution in [0.5, 0.6) is 0 Å². The van der Waals surface area contributed by atoms with Crippen molar-refractivity contribution in [1.82, 2.24) is 5.73 Å². The van der Waals surface area contributed by atoms with Crippen molar-refractivity contribution in [3.63, 3.8) is 0 Å². The zero-order chi connectivity index (χ0) is 9.42. The van der Waals surface area contributed by atoms with Gasteiger partial charge in [-0.15, -0.1) is 0 Å². The van der Waals surface area contributed by atoms with Crippen molar-refractivity contribution >= 4 is 17.3 Å². The normalized spacial score (nSPS) is 14.4. The monoisotopic (exact) mass is 175 g/mol. The molecule has 3 heteroatoms. The molecule has 1 heterocycles. The van der Waals surface area contributed by atoms with E-state index in [0.717, 1.165) is 24.2 Å². The summed E-state index contributed by atoms with van der Waals surface area (Å²) in [5, 5.41) is 0. The molecule has 1 aliphatic heterocycles. The predicted molar refractivity (Wildman–Crippen MR) is 50.9 cm³/mol. The lowest BCUT2D eigenvalue weighted by Crippen LogP contribution is -2.25. The van der Waals surface area contributed by atoms with Crippen molar-refractivity contribution in [1.29, 1.82) is 0 Å². The van der Waals surface area contributed by atoms with Gasteiger partial charge in [0.2, 0.25) is 5.91 Å². The Morgan fingerprint density at radius 2 is 2.31 bits per heavy atom. The molecule has 0 aliphatic carbocycles. The van der Waals surface area contributed by atoms with Crippen molar-refractivity contribution in [3.05, 3.63) is 23.8 Å². The molecule has 3 nitrogen and oxygen atoms in total. The summed E-state index contributed by atoms with van der Waals surface area (Å²) < 4.78 is 0. The van der Waals surface area contributed by atoms with Crippen LogP contribution in [-0.2, 0) is 11.2 Å². The van der Waals surface area contributed by atoms with Gasteiger partial charge in [-0.25, -0.2) is 0 Å². The van der Waals surface area contributed by atoms with Crippen LogP contribution in [0.2, 0.25) is 0 Å². The summed E-state index contributed by atoms with van der Waals surface area (Å²) in [5.41, 5.74) is 10.0. The number of benzene rings is 1. The number of rotatable bonds is 0. The van der Waals surface area contributed by atoms with Gasteiger partial charge in [0, 0.05) is 19.2 Å². The molecule has 1 radical (unpaired) electrons. The molecule has 1 aliphatic rings. The molecule has 13 heavy (non-hydrogen) atoms. The van der Waals surface area contributed by atoms with Crippen molar-refractivity contribution in [2.75, 3.05) is 11.4 Å². The Hall–Kier alpha value is -1.51. The predicted octanol–water partition coefficient (Wildman–Crippen LogP) is 1.51. The van der Waals surface area contributed by atoms with Gasteiger partial charge in [0.05, 0.1) is 5.69 Å². The van der Waals surface area contributed by atoms with E-state index in [1.807, 2.05) is 12.1 Å². The van der Waals surface area contributed by atoms with Gasteiger partial charge in [0.1, 0.15) is 0 Å². The Balaban J connectivity index is 2.44. The highest BCUT2D eigenvalue weighted by atomic mass is 16.2. The van der Waals surface area contributed by atoms with Crippen molar-refractivity contribution in [3.8, 4) is 0 Å². The molecule has 0 atom stereocenters. The molecule has 1 aromatic rings. The number of anilines is 1. The smallest absolute Gasteiger partial charge is 0.223 e. The van der Waals surface area contributed by atoms with E-state index in [1.165, 1.54) is 0 Å². The molecule has 0 unspecified atom stereocenters. The maximum Gasteiger partial charge on any atom is 0.223 e. The summed E-state index contributed by atoms with van der Waals surface area (Å²) in [4.78, 5) is 12.9. The first-order valence-electron chi connectivity index (χ1n) is 4.31. The van der Waals surface area contributed by atoms with Crippen LogP contribution in [0.4, 0.5) is 11.4 Å². The zero-order valence-corrected chi connectivity index (χ0v) is 7.50. The molecule has 0 saturated carbocycles. The number of hydrogen-bond donors (Lipinski definition) is 0. The molecule has 0 aromatic heterocycles. The van der Waals surface area contributed by atoms with Crippen molar-refractivity contribution < 1.29 is 4.79 Å². The average molecular weight is 175 g/mol. The second-order valence-electron chi connectivity index (χ2n) is 3.26. The van der Waals surface area contributed by atoms with Crippen LogP contribution in [0.1, 0.15) is 12.5 Å². The maximum atomic E-state index is 11.2. The van der Waals surface area contributed by atoms with Crippen LogP contribution in [0, 0.1) is 0 Å². The number of carbonyl (C=O) groups excluding carboxylic acids is 1. The zero-order valence-electron chi connectivity index (χ0n) is 7.50. The standard InChI is InChI=1S/C10H11N2O/c1-7(13)12-5-4-8-6-9(11)2-3-10(8)12/h2-3,6,11H,4-5H2,1H3. The topological polar surface area (TPSA) is 44.1 Å². The molecule has 0 bridgehead atoms. The third-order valence-electron chi connectivity index (χ3n) is 2.36. The minimum Gasteiger partial charge on any atom is -0.312 e. The Kier molecular flexibility index (Phi) is 1.72. The van der Waals surface area contributed by atoms with Gasteiger partial charge in [-0.2, -0.15) is 0 Å². The number of fused-ring (bicyclic) bond motifs is 1.